The highest BCUT2D eigenvalue weighted by atomic mass is 16.6. The summed E-state index contributed by atoms with van der Waals surface area (Å²) in [6.07, 6.45) is 0. The van der Waals surface area contributed by atoms with Gasteiger partial charge >= 0.3 is 6.01 Å². The maximum absolute atomic E-state index is 10.9. The molecule has 0 fully saturated rings. The first-order chi connectivity index (χ1) is 9.63. The van der Waals surface area contributed by atoms with Crippen molar-refractivity contribution in [1.82, 2.24) is 4.98 Å². The minimum atomic E-state index is -0.488. The van der Waals surface area contributed by atoms with Gasteiger partial charge in [-0.1, -0.05) is 6.07 Å². The van der Waals surface area contributed by atoms with Crippen LogP contribution in [0.15, 0.2) is 46.9 Å². The number of fused-ring (bicyclic) bond motifs is 1. The van der Waals surface area contributed by atoms with Crippen LogP contribution in [0.3, 0.4) is 0 Å². The fourth-order valence-electron chi connectivity index (χ4n) is 1.82. The monoisotopic (exact) mass is 270 g/mol. The number of benzene rings is 2. The van der Waals surface area contributed by atoms with Crippen LogP contribution >= 0.6 is 0 Å². The van der Waals surface area contributed by atoms with Crippen molar-refractivity contribution in [1.29, 1.82) is 0 Å². The number of anilines is 3. The third kappa shape index (κ3) is 2.12. The van der Waals surface area contributed by atoms with Crippen LogP contribution in [-0.4, -0.2) is 9.91 Å². The normalized spacial score (nSPS) is 10.6. The van der Waals surface area contributed by atoms with Gasteiger partial charge in [0.2, 0.25) is 0 Å². The largest absolute Gasteiger partial charge is 0.423 e. The number of nitrogens with one attached hydrogen (secondary N) is 1. The number of hydrogen-bond acceptors (Lipinski definition) is 6. The Morgan fingerprint density at radius 1 is 1.20 bits per heavy atom. The van der Waals surface area contributed by atoms with Gasteiger partial charge in [0.25, 0.3) is 5.69 Å². The number of nitro groups is 1. The summed E-state index contributed by atoms with van der Waals surface area (Å²) in [6.45, 7) is 0. The fourth-order valence-corrected chi connectivity index (χ4v) is 1.82. The topological polar surface area (TPSA) is 107 Å². The van der Waals surface area contributed by atoms with Crippen LogP contribution in [0, 0.1) is 10.1 Å². The Morgan fingerprint density at radius 3 is 2.65 bits per heavy atom. The number of oxazole rings is 1. The third-order valence-corrected chi connectivity index (χ3v) is 2.76. The maximum Gasteiger partial charge on any atom is 0.300 e. The number of rotatable bonds is 3. The highest BCUT2D eigenvalue weighted by Crippen LogP contribution is 2.28. The summed E-state index contributed by atoms with van der Waals surface area (Å²) in [7, 11) is 0. The molecule has 3 N–H and O–H groups in total. The zero-order valence-corrected chi connectivity index (χ0v) is 10.2. The van der Waals surface area contributed by atoms with E-state index in [0.29, 0.717) is 11.3 Å². The predicted octanol–water partition coefficient (Wildman–Crippen LogP) is 3.06. The Bertz CT molecular complexity index is 780. The van der Waals surface area contributed by atoms with Crippen LogP contribution in [0.4, 0.5) is 23.1 Å². The SMILES string of the molecule is Nc1ccc(Nc2nc3c([N+](=O)[O-])cccc3o2)cc1. The number of nitrogens with zero attached hydrogens (tertiary/aromatic N) is 2. The van der Waals surface area contributed by atoms with Crippen molar-refractivity contribution in [3.05, 3.63) is 52.6 Å². The molecule has 3 aromatic rings. The van der Waals surface area contributed by atoms with Crippen molar-refractivity contribution >= 4 is 34.2 Å². The maximum atomic E-state index is 10.9. The third-order valence-electron chi connectivity index (χ3n) is 2.76. The van der Waals surface area contributed by atoms with Crippen molar-refractivity contribution in [2.45, 2.75) is 0 Å². The molecule has 0 aliphatic rings. The number of nitro benzene ring substituents is 1. The molecule has 0 radical (unpaired) electrons. The highest BCUT2D eigenvalue weighted by molar-refractivity contribution is 5.84. The summed E-state index contributed by atoms with van der Waals surface area (Å²) >= 11 is 0. The average molecular weight is 270 g/mol. The highest BCUT2D eigenvalue weighted by Gasteiger charge is 2.17. The van der Waals surface area contributed by atoms with Gasteiger partial charge in [-0.25, -0.2) is 0 Å². The second-order valence-corrected chi connectivity index (χ2v) is 4.15. The smallest absolute Gasteiger partial charge is 0.300 e. The van der Waals surface area contributed by atoms with Crippen molar-refractivity contribution in [2.75, 3.05) is 11.1 Å². The summed E-state index contributed by atoms with van der Waals surface area (Å²) in [5, 5.41) is 13.8. The molecule has 100 valence electrons. The number of non-ortho nitro benzene ring substituents is 1. The van der Waals surface area contributed by atoms with Crippen molar-refractivity contribution in [3.8, 4) is 0 Å². The van der Waals surface area contributed by atoms with Crippen LogP contribution in [0.1, 0.15) is 0 Å². The molecule has 20 heavy (non-hydrogen) atoms. The standard InChI is InChI=1S/C13H10N4O3/c14-8-4-6-9(7-5-8)15-13-16-12-10(17(18)19)2-1-3-11(12)20-13/h1-7H,14H2,(H,15,16). The molecule has 0 saturated carbocycles. The molecule has 0 spiro atoms. The van der Waals surface area contributed by atoms with Crippen LogP contribution in [-0.2, 0) is 0 Å². The number of nitrogen functional groups attached to an aromatic ring is 1. The minimum Gasteiger partial charge on any atom is -0.423 e. The van der Waals surface area contributed by atoms with Gasteiger partial charge in [-0.05, 0) is 30.3 Å². The quantitative estimate of drug-likeness (QED) is 0.430. The van der Waals surface area contributed by atoms with Crippen LogP contribution in [0.5, 0.6) is 0 Å². The summed E-state index contributed by atoms with van der Waals surface area (Å²) in [4.78, 5) is 14.5. The van der Waals surface area contributed by atoms with Gasteiger partial charge in [0.05, 0.1) is 4.92 Å². The Labute approximate surface area is 113 Å². The van der Waals surface area contributed by atoms with Gasteiger partial charge in [0.1, 0.15) is 0 Å². The van der Waals surface area contributed by atoms with E-state index < -0.39 is 4.92 Å². The summed E-state index contributed by atoms with van der Waals surface area (Å²) in [6, 6.07) is 11.7. The lowest BCUT2D eigenvalue weighted by Gasteiger charge is -2.00. The van der Waals surface area contributed by atoms with Gasteiger partial charge in [0.15, 0.2) is 11.1 Å². The number of aromatic nitrogens is 1. The zero-order valence-electron chi connectivity index (χ0n) is 10.2. The molecule has 0 aliphatic heterocycles. The molecule has 7 nitrogen and oxygen atoms in total. The van der Waals surface area contributed by atoms with E-state index in [1.807, 2.05) is 0 Å². The molecule has 2 aromatic carbocycles. The lowest BCUT2D eigenvalue weighted by atomic mass is 10.3. The van der Waals surface area contributed by atoms with E-state index in [-0.39, 0.29) is 17.2 Å². The van der Waals surface area contributed by atoms with Crippen molar-refractivity contribution in [2.24, 2.45) is 0 Å². The van der Waals surface area contributed by atoms with E-state index in [0.717, 1.165) is 5.69 Å². The summed E-state index contributed by atoms with van der Waals surface area (Å²) < 4.78 is 5.44. The van der Waals surface area contributed by atoms with E-state index in [1.54, 1.807) is 36.4 Å². The Hall–Kier alpha value is -3.09. The molecule has 3 rings (SSSR count). The number of hydrogen-bond donors (Lipinski definition) is 2. The molecule has 0 atom stereocenters. The molecule has 0 bridgehead atoms. The van der Waals surface area contributed by atoms with Gasteiger partial charge in [-0.15, -0.1) is 0 Å². The van der Waals surface area contributed by atoms with E-state index in [2.05, 4.69) is 10.3 Å². The first-order valence-electron chi connectivity index (χ1n) is 5.80. The molecule has 0 saturated heterocycles. The number of nitrogens with two attached hydrogens (primary N) is 1. The zero-order chi connectivity index (χ0) is 14.1. The second kappa shape index (κ2) is 4.54. The molecule has 0 aliphatic carbocycles. The molecule has 0 unspecified atom stereocenters. The molecule has 1 heterocycles. The van der Waals surface area contributed by atoms with Crippen LogP contribution < -0.4 is 11.1 Å². The Morgan fingerprint density at radius 2 is 1.95 bits per heavy atom. The van der Waals surface area contributed by atoms with Gasteiger partial charge in [0, 0.05) is 17.4 Å². The Kier molecular flexibility index (Phi) is 2.72. The minimum absolute atomic E-state index is 0.0865. The van der Waals surface area contributed by atoms with Gasteiger partial charge in [-0.2, -0.15) is 4.98 Å². The molecular weight excluding hydrogens is 260 g/mol. The fraction of sp³-hybridized carbons (Fsp3) is 0. The number of para-hydroxylation sites is 1. The molecular formula is C13H10N4O3. The van der Waals surface area contributed by atoms with Gasteiger partial charge < -0.3 is 15.5 Å². The van der Waals surface area contributed by atoms with Crippen LogP contribution in [0.25, 0.3) is 11.1 Å². The predicted molar refractivity (Wildman–Crippen MR) is 74.8 cm³/mol. The lowest BCUT2D eigenvalue weighted by Crippen LogP contribution is -1.92. The first-order valence-corrected chi connectivity index (χ1v) is 5.80. The molecule has 1 aromatic heterocycles. The van der Waals surface area contributed by atoms with Crippen molar-refractivity contribution in [3.63, 3.8) is 0 Å². The second-order valence-electron chi connectivity index (χ2n) is 4.15. The van der Waals surface area contributed by atoms with Crippen molar-refractivity contribution < 1.29 is 9.34 Å². The lowest BCUT2D eigenvalue weighted by molar-refractivity contribution is -0.383. The van der Waals surface area contributed by atoms with E-state index in [1.165, 1.54) is 6.07 Å². The summed E-state index contributed by atoms with van der Waals surface area (Å²) in [5.41, 5.74) is 7.46. The molecule has 0 amide bonds. The van der Waals surface area contributed by atoms with E-state index in [4.69, 9.17) is 10.2 Å². The Balaban J connectivity index is 1.99. The molecule has 7 heteroatoms. The first kappa shape index (κ1) is 12.0. The van der Waals surface area contributed by atoms with Gasteiger partial charge in [-0.3, -0.25) is 10.1 Å². The van der Waals surface area contributed by atoms with E-state index in [9.17, 15) is 10.1 Å². The van der Waals surface area contributed by atoms with Crippen LogP contribution in [0.2, 0.25) is 0 Å². The average Bonchev–Trinajstić information content (AvgIpc) is 2.83. The van der Waals surface area contributed by atoms with E-state index >= 15 is 0 Å². The summed E-state index contributed by atoms with van der Waals surface area (Å²) in [5.74, 6) is 0.